The van der Waals surface area contributed by atoms with Crippen LogP contribution in [-0.2, 0) is 27.5 Å². The van der Waals surface area contributed by atoms with Gasteiger partial charge in [-0.05, 0) is 50.6 Å². The van der Waals surface area contributed by atoms with E-state index in [1.165, 1.54) is 0 Å². The van der Waals surface area contributed by atoms with Gasteiger partial charge in [0.15, 0.2) is 0 Å². The normalized spacial score (nSPS) is 12.5. The van der Waals surface area contributed by atoms with Crippen LogP contribution >= 0.6 is 0 Å². The number of carbonyl (C=O) groups excluding carboxylic acids is 1. The van der Waals surface area contributed by atoms with Crippen LogP contribution in [0.2, 0.25) is 0 Å². The minimum absolute atomic E-state index is 0.320. The van der Waals surface area contributed by atoms with Crippen molar-refractivity contribution in [1.29, 1.82) is 0 Å². The molecule has 9 heteroatoms. The topological polar surface area (TPSA) is 63.7 Å². The quantitative estimate of drug-likeness (QED) is 0.717. The van der Waals surface area contributed by atoms with Crippen molar-refractivity contribution in [2.24, 2.45) is 0 Å². The van der Waals surface area contributed by atoms with Gasteiger partial charge in [-0.1, -0.05) is 30.3 Å². The van der Waals surface area contributed by atoms with Crippen molar-refractivity contribution in [2.45, 2.75) is 44.0 Å². The minimum atomic E-state index is -4.60. The number of amides is 1. The molecule has 0 saturated carbocycles. The largest absolute Gasteiger partial charge is 0.443 e. The number of carbonyl (C=O) groups is 1. The van der Waals surface area contributed by atoms with Crippen molar-refractivity contribution in [2.75, 3.05) is 0 Å². The zero-order valence-corrected chi connectivity index (χ0v) is 16.3. The lowest BCUT2D eigenvalue weighted by atomic mass is 10.2. The highest BCUT2D eigenvalue weighted by molar-refractivity contribution is 7.89. The Balaban J connectivity index is 2.43. The van der Waals surface area contributed by atoms with Crippen molar-refractivity contribution in [3.05, 3.63) is 65.7 Å². The van der Waals surface area contributed by atoms with Crippen LogP contribution in [0.4, 0.5) is 18.0 Å². The predicted octanol–water partition coefficient (Wildman–Crippen LogP) is 4.83. The zero-order valence-electron chi connectivity index (χ0n) is 15.5. The average molecular weight is 415 g/mol. The van der Waals surface area contributed by atoms with Crippen LogP contribution in [-0.4, -0.2) is 24.4 Å². The van der Waals surface area contributed by atoms with Crippen LogP contribution in [0.25, 0.3) is 0 Å². The SMILES string of the molecule is CC(C)(C)OC(=O)N(Cc1ccccc1)S(=O)(=O)c1ccc(C(F)(F)F)cc1. The first kappa shape index (κ1) is 21.7. The summed E-state index contributed by atoms with van der Waals surface area (Å²) in [6.07, 6.45) is -5.71. The van der Waals surface area contributed by atoms with Crippen LogP contribution in [0.15, 0.2) is 59.5 Å². The summed E-state index contributed by atoms with van der Waals surface area (Å²) in [5.74, 6) is 0. The molecule has 0 atom stereocenters. The maximum Gasteiger partial charge on any atom is 0.424 e. The van der Waals surface area contributed by atoms with Crippen LogP contribution in [0.5, 0.6) is 0 Å². The number of hydrogen-bond acceptors (Lipinski definition) is 4. The fraction of sp³-hybridized carbons (Fsp3) is 0.316. The molecule has 0 aromatic heterocycles. The Labute approximate surface area is 161 Å². The molecule has 0 bridgehead atoms. The van der Waals surface area contributed by atoms with E-state index in [1.54, 1.807) is 51.1 Å². The minimum Gasteiger partial charge on any atom is -0.443 e. The monoisotopic (exact) mass is 415 g/mol. The van der Waals surface area contributed by atoms with Crippen molar-refractivity contribution in [1.82, 2.24) is 4.31 Å². The highest BCUT2D eigenvalue weighted by Crippen LogP contribution is 2.30. The smallest absolute Gasteiger partial charge is 0.424 e. The number of hydrogen-bond donors (Lipinski definition) is 0. The third-order valence-corrected chi connectivity index (χ3v) is 5.26. The average Bonchev–Trinajstić information content (AvgIpc) is 2.58. The van der Waals surface area contributed by atoms with Gasteiger partial charge in [-0.15, -0.1) is 0 Å². The Hall–Kier alpha value is -2.55. The first-order chi connectivity index (χ1) is 12.8. The predicted molar refractivity (Wildman–Crippen MR) is 96.8 cm³/mol. The fourth-order valence-electron chi connectivity index (χ4n) is 2.25. The molecule has 0 fully saturated rings. The molecule has 0 aliphatic carbocycles. The van der Waals surface area contributed by atoms with Crippen LogP contribution in [0.3, 0.4) is 0 Å². The van der Waals surface area contributed by atoms with E-state index in [0.29, 0.717) is 22.0 Å². The number of nitrogens with zero attached hydrogens (tertiary/aromatic N) is 1. The molecule has 2 rings (SSSR count). The lowest BCUT2D eigenvalue weighted by Crippen LogP contribution is -2.40. The second-order valence-electron chi connectivity index (χ2n) is 7.00. The van der Waals surface area contributed by atoms with E-state index in [4.69, 9.17) is 4.74 Å². The Morgan fingerprint density at radius 2 is 1.50 bits per heavy atom. The van der Waals surface area contributed by atoms with Crippen molar-refractivity contribution < 1.29 is 31.1 Å². The summed E-state index contributed by atoms with van der Waals surface area (Å²) in [5.41, 5.74) is -1.43. The van der Waals surface area contributed by atoms with Gasteiger partial charge in [0.25, 0.3) is 10.0 Å². The van der Waals surface area contributed by atoms with Gasteiger partial charge in [-0.2, -0.15) is 17.5 Å². The molecule has 0 aliphatic heterocycles. The number of rotatable bonds is 4. The van der Waals surface area contributed by atoms with Crippen LogP contribution in [0.1, 0.15) is 31.9 Å². The molecule has 0 saturated heterocycles. The summed E-state index contributed by atoms with van der Waals surface area (Å²) in [6.45, 7) is 4.42. The molecule has 0 N–H and O–H groups in total. The number of sulfonamides is 1. The number of halogens is 3. The molecule has 28 heavy (non-hydrogen) atoms. The van der Waals surface area contributed by atoms with Gasteiger partial charge in [0.1, 0.15) is 5.60 Å². The van der Waals surface area contributed by atoms with Gasteiger partial charge >= 0.3 is 12.3 Å². The summed E-state index contributed by atoms with van der Waals surface area (Å²) in [7, 11) is -4.44. The maximum absolute atomic E-state index is 13.0. The van der Waals surface area contributed by atoms with E-state index in [0.717, 1.165) is 12.1 Å². The van der Waals surface area contributed by atoms with Crippen LogP contribution in [0, 0.1) is 0 Å². The molecule has 0 unspecified atom stereocenters. The Bertz CT molecular complexity index is 918. The molecule has 1 amide bonds. The lowest BCUT2D eigenvalue weighted by molar-refractivity contribution is -0.137. The number of alkyl halides is 3. The number of ether oxygens (including phenoxy) is 1. The van der Waals surface area contributed by atoms with Gasteiger partial charge < -0.3 is 4.74 Å². The van der Waals surface area contributed by atoms with Crippen LogP contribution < -0.4 is 0 Å². The molecule has 0 spiro atoms. The van der Waals surface area contributed by atoms with E-state index in [2.05, 4.69) is 0 Å². The third-order valence-electron chi connectivity index (χ3n) is 3.54. The second kappa shape index (κ2) is 7.83. The molecule has 152 valence electrons. The Morgan fingerprint density at radius 3 is 1.96 bits per heavy atom. The highest BCUT2D eigenvalue weighted by atomic mass is 32.2. The molecule has 0 radical (unpaired) electrons. The number of benzene rings is 2. The van der Waals surface area contributed by atoms with E-state index >= 15 is 0 Å². The summed E-state index contributed by atoms with van der Waals surface area (Å²) in [6, 6.07) is 11.3. The summed E-state index contributed by atoms with van der Waals surface area (Å²) < 4.78 is 69.9. The molecule has 2 aromatic carbocycles. The van der Waals surface area contributed by atoms with E-state index in [9.17, 15) is 26.4 Å². The van der Waals surface area contributed by atoms with Gasteiger partial charge in [0.2, 0.25) is 0 Å². The molecule has 0 aliphatic rings. The van der Waals surface area contributed by atoms with E-state index in [1.807, 2.05) is 0 Å². The van der Waals surface area contributed by atoms with Gasteiger partial charge in [0.05, 0.1) is 17.0 Å². The summed E-state index contributed by atoms with van der Waals surface area (Å²) in [4.78, 5) is 12.1. The summed E-state index contributed by atoms with van der Waals surface area (Å²) in [5, 5.41) is 0. The fourth-order valence-corrected chi connectivity index (χ4v) is 3.54. The molecule has 2 aromatic rings. The van der Waals surface area contributed by atoms with Gasteiger partial charge in [-0.25, -0.2) is 13.2 Å². The van der Waals surface area contributed by atoms with Crippen molar-refractivity contribution >= 4 is 16.1 Å². The Kier molecular flexibility index (Phi) is 6.08. The standard InChI is InChI=1S/C19H20F3NO4S/c1-18(2,3)27-17(24)23(13-14-7-5-4-6-8-14)28(25,26)16-11-9-15(10-12-16)19(20,21)22/h4-12H,13H2,1-3H3. The van der Waals surface area contributed by atoms with E-state index in [-0.39, 0.29) is 6.54 Å². The first-order valence-electron chi connectivity index (χ1n) is 8.27. The third kappa shape index (κ3) is 5.48. The molecule has 0 heterocycles. The maximum atomic E-state index is 13.0. The molecular formula is C19H20F3NO4S. The van der Waals surface area contributed by atoms with Gasteiger partial charge in [0, 0.05) is 0 Å². The highest BCUT2D eigenvalue weighted by Gasteiger charge is 2.35. The molecular weight excluding hydrogens is 395 g/mol. The zero-order chi connectivity index (χ0) is 21.2. The lowest BCUT2D eigenvalue weighted by Gasteiger charge is -2.27. The Morgan fingerprint density at radius 1 is 0.964 bits per heavy atom. The first-order valence-corrected chi connectivity index (χ1v) is 9.71. The second-order valence-corrected chi connectivity index (χ2v) is 8.86. The van der Waals surface area contributed by atoms with Crippen molar-refractivity contribution in [3.63, 3.8) is 0 Å². The van der Waals surface area contributed by atoms with E-state index < -0.39 is 38.4 Å². The van der Waals surface area contributed by atoms with Gasteiger partial charge in [-0.3, -0.25) is 0 Å². The summed E-state index contributed by atoms with van der Waals surface area (Å²) >= 11 is 0. The molecule has 5 nitrogen and oxygen atoms in total. The van der Waals surface area contributed by atoms with Crippen molar-refractivity contribution in [3.8, 4) is 0 Å².